The lowest BCUT2D eigenvalue weighted by Gasteiger charge is -2.04. The minimum atomic E-state index is -0.457. The van der Waals surface area contributed by atoms with Gasteiger partial charge in [-0.3, -0.25) is 20.1 Å². The third kappa shape index (κ3) is 7.17. The number of aromatic hydroxyl groups is 1. The molecule has 0 fully saturated rings. The molecule has 0 atom stereocenters. The topological polar surface area (TPSA) is 101 Å². The highest BCUT2D eigenvalue weighted by molar-refractivity contribution is 7.98. The number of hydrogen-bond acceptors (Lipinski definition) is 6. The molecule has 0 saturated carbocycles. The Morgan fingerprint density at radius 1 is 1.67 bits per heavy atom. The normalized spacial score (nSPS) is 10.9. The Kier molecular flexibility index (Phi) is 7.68. The average Bonchev–Trinajstić information content (AvgIpc) is 2.45. The molecular weight excluding hydrogens is 292 g/mol. The predicted octanol–water partition coefficient (Wildman–Crippen LogP) is 0.918. The maximum absolute atomic E-state index is 10.5. The molecule has 1 rings (SSSR count). The van der Waals surface area contributed by atoms with Crippen molar-refractivity contribution in [3.8, 4) is 18.1 Å². The maximum atomic E-state index is 10.5. The Morgan fingerprint density at radius 2 is 2.48 bits per heavy atom. The number of terminal acetylenes is 1. The summed E-state index contributed by atoms with van der Waals surface area (Å²) in [5, 5.41) is 22.7. The van der Waals surface area contributed by atoms with Crippen molar-refractivity contribution in [2.24, 2.45) is 4.99 Å². The van der Waals surface area contributed by atoms with Gasteiger partial charge in [0.25, 0.3) is 6.54 Å². The number of nitrogens with zero attached hydrogens (tertiary/aromatic N) is 3. The minimum absolute atomic E-state index is 0.165. The molecule has 2 N–H and O–H groups in total. The van der Waals surface area contributed by atoms with Gasteiger partial charge >= 0.3 is 0 Å². The van der Waals surface area contributed by atoms with E-state index in [-0.39, 0.29) is 24.7 Å². The summed E-state index contributed by atoms with van der Waals surface area (Å²) in [6, 6.07) is 3.24. The summed E-state index contributed by atoms with van der Waals surface area (Å²) in [7, 11) is 0. The third-order valence-electron chi connectivity index (χ3n) is 2.32. The van der Waals surface area contributed by atoms with Crippen LogP contribution in [-0.2, 0) is 5.75 Å². The Bertz CT molecular complexity index is 542. The zero-order valence-corrected chi connectivity index (χ0v) is 12.2. The number of nitrogens with one attached hydrogen (secondary N) is 1. The van der Waals surface area contributed by atoms with Gasteiger partial charge in [0.15, 0.2) is 5.84 Å². The second-order valence-electron chi connectivity index (χ2n) is 3.90. The standard InChI is InChI=1S/C13H16N4O3S/c1-2-5-15-13(9-17(19)20)16-7-8-21-10-11-12(18)4-3-6-14-11/h1,3-4,6,18H,5,7-10H2,(H,15,16). The molecule has 0 amide bonds. The molecule has 112 valence electrons. The van der Waals surface area contributed by atoms with Gasteiger partial charge in [-0.2, -0.15) is 11.8 Å². The van der Waals surface area contributed by atoms with Gasteiger partial charge in [0, 0.05) is 22.6 Å². The number of aliphatic imine (C=N–C) groups is 1. The second kappa shape index (κ2) is 9.61. The van der Waals surface area contributed by atoms with Gasteiger partial charge < -0.3 is 10.4 Å². The van der Waals surface area contributed by atoms with Crippen LogP contribution in [0.15, 0.2) is 23.3 Å². The predicted molar refractivity (Wildman–Crippen MR) is 83.1 cm³/mol. The first-order chi connectivity index (χ1) is 10.1. The van der Waals surface area contributed by atoms with E-state index in [4.69, 9.17) is 6.42 Å². The van der Waals surface area contributed by atoms with Crippen LogP contribution in [0.2, 0.25) is 0 Å². The first-order valence-electron chi connectivity index (χ1n) is 6.16. The van der Waals surface area contributed by atoms with Crippen molar-refractivity contribution in [2.45, 2.75) is 5.75 Å². The highest BCUT2D eigenvalue weighted by Crippen LogP contribution is 2.18. The van der Waals surface area contributed by atoms with Crippen LogP contribution in [0.25, 0.3) is 0 Å². The number of amidine groups is 1. The fourth-order valence-electron chi connectivity index (χ4n) is 1.39. The van der Waals surface area contributed by atoms with Crippen molar-refractivity contribution in [1.29, 1.82) is 0 Å². The summed E-state index contributed by atoms with van der Waals surface area (Å²) in [5.74, 6) is 4.01. The molecule has 1 aromatic heterocycles. The number of pyridine rings is 1. The summed E-state index contributed by atoms with van der Waals surface area (Å²) >= 11 is 1.54. The van der Waals surface area contributed by atoms with Crippen molar-refractivity contribution in [3.63, 3.8) is 0 Å². The van der Waals surface area contributed by atoms with Crippen molar-refractivity contribution in [2.75, 3.05) is 25.4 Å². The minimum Gasteiger partial charge on any atom is -0.506 e. The molecule has 0 radical (unpaired) electrons. The fourth-order valence-corrected chi connectivity index (χ4v) is 2.17. The fraction of sp³-hybridized carbons (Fsp3) is 0.385. The molecule has 0 bridgehead atoms. The van der Waals surface area contributed by atoms with E-state index in [9.17, 15) is 15.2 Å². The highest BCUT2D eigenvalue weighted by atomic mass is 32.2. The number of hydrogen-bond donors (Lipinski definition) is 2. The molecule has 0 spiro atoms. The average molecular weight is 308 g/mol. The summed E-state index contributed by atoms with van der Waals surface area (Å²) in [4.78, 5) is 18.2. The van der Waals surface area contributed by atoms with Gasteiger partial charge in [-0.15, -0.1) is 6.42 Å². The van der Waals surface area contributed by atoms with E-state index in [0.717, 1.165) is 0 Å². The molecule has 1 heterocycles. The summed E-state index contributed by atoms with van der Waals surface area (Å²) < 4.78 is 0. The van der Waals surface area contributed by atoms with Crippen LogP contribution in [0.4, 0.5) is 0 Å². The summed E-state index contributed by atoms with van der Waals surface area (Å²) in [6.45, 7) is 0.272. The SMILES string of the molecule is C#CCNC(C[N+](=O)[O-])=NCCSCc1ncccc1O. The van der Waals surface area contributed by atoms with Crippen molar-refractivity contribution in [1.82, 2.24) is 10.3 Å². The lowest BCUT2D eigenvalue weighted by molar-refractivity contribution is -0.463. The molecule has 0 aliphatic heterocycles. The van der Waals surface area contributed by atoms with Crippen LogP contribution < -0.4 is 5.32 Å². The maximum Gasteiger partial charge on any atom is 0.259 e. The molecule has 0 unspecified atom stereocenters. The lowest BCUT2D eigenvalue weighted by Crippen LogP contribution is -2.31. The Morgan fingerprint density at radius 3 is 3.14 bits per heavy atom. The Hall–Kier alpha value is -2.27. The zero-order valence-electron chi connectivity index (χ0n) is 11.4. The van der Waals surface area contributed by atoms with Crippen molar-refractivity contribution in [3.05, 3.63) is 34.1 Å². The highest BCUT2D eigenvalue weighted by Gasteiger charge is 2.06. The number of thioether (sulfide) groups is 1. The number of nitro groups is 1. The molecule has 0 aliphatic carbocycles. The van der Waals surface area contributed by atoms with Crippen LogP contribution in [0.1, 0.15) is 5.69 Å². The number of aromatic nitrogens is 1. The van der Waals surface area contributed by atoms with Crippen LogP contribution in [-0.4, -0.2) is 46.2 Å². The van der Waals surface area contributed by atoms with E-state index in [1.807, 2.05) is 0 Å². The molecule has 7 nitrogen and oxygen atoms in total. The van der Waals surface area contributed by atoms with Gasteiger partial charge in [-0.05, 0) is 12.1 Å². The quantitative estimate of drug-likeness (QED) is 0.185. The molecule has 0 aromatic carbocycles. The largest absolute Gasteiger partial charge is 0.506 e. The van der Waals surface area contributed by atoms with Crippen LogP contribution in [0.3, 0.4) is 0 Å². The molecule has 1 aromatic rings. The summed E-state index contributed by atoms with van der Waals surface area (Å²) in [6.07, 6.45) is 6.71. The van der Waals surface area contributed by atoms with Gasteiger partial charge in [-0.25, -0.2) is 0 Å². The van der Waals surface area contributed by atoms with Crippen LogP contribution in [0.5, 0.6) is 5.75 Å². The van der Waals surface area contributed by atoms with Gasteiger partial charge in [0.1, 0.15) is 5.75 Å². The van der Waals surface area contributed by atoms with Crippen LogP contribution in [0, 0.1) is 22.5 Å². The van der Waals surface area contributed by atoms with E-state index >= 15 is 0 Å². The van der Waals surface area contributed by atoms with Gasteiger partial charge in [0.05, 0.1) is 18.8 Å². The van der Waals surface area contributed by atoms with Crippen molar-refractivity contribution < 1.29 is 10.0 Å². The van der Waals surface area contributed by atoms with Gasteiger partial charge in [0.2, 0.25) is 0 Å². The molecule has 0 saturated heterocycles. The van der Waals surface area contributed by atoms with Crippen molar-refractivity contribution >= 4 is 17.6 Å². The van der Waals surface area contributed by atoms with E-state index in [1.54, 1.807) is 18.3 Å². The zero-order chi connectivity index (χ0) is 15.5. The van der Waals surface area contributed by atoms with Gasteiger partial charge in [-0.1, -0.05) is 5.92 Å². The van der Waals surface area contributed by atoms with E-state index < -0.39 is 4.92 Å². The van der Waals surface area contributed by atoms with E-state index in [1.165, 1.54) is 11.8 Å². The first-order valence-corrected chi connectivity index (χ1v) is 7.32. The second-order valence-corrected chi connectivity index (χ2v) is 5.00. The van der Waals surface area contributed by atoms with Crippen LogP contribution >= 0.6 is 11.8 Å². The first kappa shape index (κ1) is 16.8. The molecule has 8 heteroatoms. The summed E-state index contributed by atoms with van der Waals surface area (Å²) in [5.41, 5.74) is 0.613. The third-order valence-corrected chi connectivity index (χ3v) is 3.27. The smallest absolute Gasteiger partial charge is 0.259 e. The Balaban J connectivity index is 2.35. The Labute approximate surface area is 127 Å². The lowest BCUT2D eigenvalue weighted by atomic mass is 10.3. The molecule has 0 aliphatic rings. The molecule has 21 heavy (non-hydrogen) atoms. The molecular formula is C13H16N4O3S. The number of rotatable bonds is 8. The van der Waals surface area contributed by atoms with E-state index in [2.05, 4.69) is 21.2 Å². The van der Waals surface area contributed by atoms with E-state index in [0.29, 0.717) is 23.7 Å². The monoisotopic (exact) mass is 308 g/mol.